The molecule has 1 aliphatic heterocycles. The Morgan fingerprint density at radius 1 is 1.10 bits per heavy atom. The molecular weight excluding hydrogens is 266 g/mol. The fourth-order valence-electron chi connectivity index (χ4n) is 2.80. The first-order valence-electron chi connectivity index (χ1n) is 6.70. The largest absolute Gasteiger partial charge is 0.298 e. The molecule has 0 radical (unpaired) electrons. The van der Waals surface area contributed by atoms with Gasteiger partial charge in [-0.1, -0.05) is 12.1 Å². The lowest BCUT2D eigenvalue weighted by Gasteiger charge is -2.08. The van der Waals surface area contributed by atoms with Gasteiger partial charge in [-0.3, -0.25) is 4.90 Å². The van der Waals surface area contributed by atoms with Gasteiger partial charge in [0.15, 0.2) is 0 Å². The van der Waals surface area contributed by atoms with Crippen molar-refractivity contribution in [3.05, 3.63) is 59.1 Å². The highest BCUT2D eigenvalue weighted by Crippen LogP contribution is 2.29. The molecule has 3 heterocycles. The second-order valence-corrected chi connectivity index (χ2v) is 6.18. The average Bonchev–Trinajstić information content (AvgIpc) is 3.16. The zero-order valence-corrected chi connectivity index (χ0v) is 12.1. The molecule has 0 amide bonds. The molecule has 0 unspecified atom stereocenters. The Kier molecular flexibility index (Phi) is 2.72. The summed E-state index contributed by atoms with van der Waals surface area (Å²) in [7, 11) is 2.16. The number of rotatable bonds is 2. The van der Waals surface area contributed by atoms with E-state index < -0.39 is 0 Å². The molecule has 1 aromatic carbocycles. The Labute approximate surface area is 122 Å². The number of hydrogen-bond acceptors (Lipinski definition) is 3. The maximum Gasteiger partial charge on any atom is 0.0840 e. The third-order valence-electron chi connectivity index (χ3n) is 3.73. The lowest BCUT2D eigenvalue weighted by molar-refractivity contribution is 0.353. The summed E-state index contributed by atoms with van der Waals surface area (Å²) in [6, 6.07) is 13.0. The van der Waals surface area contributed by atoms with Crippen molar-refractivity contribution in [3.8, 4) is 16.3 Å². The molecule has 0 N–H and O–H groups in total. The van der Waals surface area contributed by atoms with Crippen LogP contribution in [0.25, 0.3) is 16.3 Å². The zero-order chi connectivity index (χ0) is 13.5. The number of nitrogens with zero attached hydrogens (tertiary/aromatic N) is 3. The molecule has 0 saturated carbocycles. The first-order chi connectivity index (χ1) is 9.81. The van der Waals surface area contributed by atoms with Crippen molar-refractivity contribution in [1.29, 1.82) is 0 Å². The summed E-state index contributed by atoms with van der Waals surface area (Å²) in [4.78, 5) is 3.58. The second-order valence-electron chi connectivity index (χ2n) is 5.23. The number of benzene rings is 1. The fraction of sp³-hybridized carbons (Fsp3) is 0.188. The van der Waals surface area contributed by atoms with Crippen LogP contribution in [-0.2, 0) is 13.1 Å². The lowest BCUT2D eigenvalue weighted by Crippen LogP contribution is -2.07. The summed E-state index contributed by atoms with van der Waals surface area (Å²) >= 11 is 1.75. The molecule has 100 valence electrons. The molecule has 0 bridgehead atoms. The Hall–Kier alpha value is -1.91. The van der Waals surface area contributed by atoms with Gasteiger partial charge >= 0.3 is 0 Å². The molecule has 0 fully saturated rings. The molecule has 0 spiro atoms. The monoisotopic (exact) mass is 281 g/mol. The van der Waals surface area contributed by atoms with Crippen LogP contribution in [0, 0.1) is 0 Å². The zero-order valence-electron chi connectivity index (χ0n) is 11.3. The lowest BCUT2D eigenvalue weighted by atomic mass is 10.1. The summed E-state index contributed by atoms with van der Waals surface area (Å²) in [6.45, 7) is 2.07. The van der Waals surface area contributed by atoms with Gasteiger partial charge in [-0.05, 0) is 47.8 Å². The number of thiophene rings is 1. The Morgan fingerprint density at radius 3 is 2.85 bits per heavy atom. The summed E-state index contributed by atoms with van der Waals surface area (Å²) in [5, 5.41) is 6.60. The molecule has 0 atom stereocenters. The van der Waals surface area contributed by atoms with Crippen molar-refractivity contribution in [3.63, 3.8) is 0 Å². The highest BCUT2D eigenvalue weighted by molar-refractivity contribution is 7.13. The van der Waals surface area contributed by atoms with Crippen LogP contribution in [0.5, 0.6) is 0 Å². The van der Waals surface area contributed by atoms with Crippen LogP contribution in [-0.4, -0.2) is 21.7 Å². The van der Waals surface area contributed by atoms with E-state index in [2.05, 4.69) is 58.8 Å². The van der Waals surface area contributed by atoms with E-state index in [4.69, 9.17) is 0 Å². The van der Waals surface area contributed by atoms with Crippen molar-refractivity contribution in [2.75, 3.05) is 7.05 Å². The van der Waals surface area contributed by atoms with Gasteiger partial charge in [0.05, 0.1) is 22.5 Å². The highest BCUT2D eigenvalue weighted by atomic mass is 32.1. The first-order valence-corrected chi connectivity index (χ1v) is 7.58. The number of aromatic nitrogens is 2. The molecule has 4 rings (SSSR count). The normalized spacial score (nSPS) is 14.7. The average molecular weight is 281 g/mol. The van der Waals surface area contributed by atoms with Gasteiger partial charge in [0, 0.05) is 13.1 Å². The summed E-state index contributed by atoms with van der Waals surface area (Å²) in [5.41, 5.74) is 5.15. The van der Waals surface area contributed by atoms with Gasteiger partial charge < -0.3 is 0 Å². The quantitative estimate of drug-likeness (QED) is 0.716. The Balaban J connectivity index is 1.80. The summed E-state index contributed by atoms with van der Waals surface area (Å²) < 4.78 is 2.03. The van der Waals surface area contributed by atoms with E-state index in [1.807, 2.05) is 10.9 Å². The van der Waals surface area contributed by atoms with Crippen LogP contribution in [0.4, 0.5) is 0 Å². The molecule has 0 saturated heterocycles. The van der Waals surface area contributed by atoms with Gasteiger partial charge in [0.25, 0.3) is 0 Å². The third kappa shape index (κ3) is 1.88. The summed E-state index contributed by atoms with van der Waals surface area (Å²) in [6.07, 6.45) is 1.87. The topological polar surface area (TPSA) is 21.1 Å². The molecule has 20 heavy (non-hydrogen) atoms. The van der Waals surface area contributed by atoms with E-state index >= 15 is 0 Å². The molecule has 1 aliphatic rings. The van der Waals surface area contributed by atoms with Crippen LogP contribution < -0.4 is 0 Å². The van der Waals surface area contributed by atoms with Crippen molar-refractivity contribution >= 4 is 11.3 Å². The van der Waals surface area contributed by atoms with Gasteiger partial charge in [-0.2, -0.15) is 5.10 Å². The molecule has 0 aliphatic carbocycles. The van der Waals surface area contributed by atoms with Crippen LogP contribution >= 0.6 is 11.3 Å². The van der Waals surface area contributed by atoms with Gasteiger partial charge in [0.2, 0.25) is 0 Å². The molecule has 2 aromatic heterocycles. The first kappa shape index (κ1) is 11.9. The van der Waals surface area contributed by atoms with Gasteiger partial charge in [-0.15, -0.1) is 11.3 Å². The van der Waals surface area contributed by atoms with E-state index in [-0.39, 0.29) is 0 Å². The minimum absolute atomic E-state index is 1.03. The Bertz CT molecular complexity index is 743. The van der Waals surface area contributed by atoms with Crippen LogP contribution in [0.1, 0.15) is 11.1 Å². The SMILES string of the molecule is CN1Cc2ccc(-n3nccc3-c3cccs3)cc2C1. The molecular formula is C16H15N3S. The van der Waals surface area contributed by atoms with E-state index in [0.29, 0.717) is 0 Å². The number of fused-ring (bicyclic) bond motifs is 1. The van der Waals surface area contributed by atoms with E-state index in [1.54, 1.807) is 11.3 Å². The summed E-state index contributed by atoms with van der Waals surface area (Å²) in [5.74, 6) is 0. The van der Waals surface area contributed by atoms with E-state index in [0.717, 1.165) is 24.5 Å². The predicted molar refractivity (Wildman–Crippen MR) is 82.0 cm³/mol. The maximum absolute atomic E-state index is 4.50. The number of hydrogen-bond donors (Lipinski definition) is 0. The molecule has 3 aromatic rings. The van der Waals surface area contributed by atoms with Crippen LogP contribution in [0.15, 0.2) is 48.0 Å². The fourth-order valence-corrected chi connectivity index (χ4v) is 3.54. The van der Waals surface area contributed by atoms with E-state index in [9.17, 15) is 0 Å². The van der Waals surface area contributed by atoms with Gasteiger partial charge in [0.1, 0.15) is 0 Å². The van der Waals surface area contributed by atoms with Crippen molar-refractivity contribution < 1.29 is 0 Å². The van der Waals surface area contributed by atoms with Crippen LogP contribution in [0.2, 0.25) is 0 Å². The van der Waals surface area contributed by atoms with Crippen LogP contribution in [0.3, 0.4) is 0 Å². The third-order valence-corrected chi connectivity index (χ3v) is 4.62. The minimum atomic E-state index is 1.03. The smallest absolute Gasteiger partial charge is 0.0840 e. The highest BCUT2D eigenvalue weighted by Gasteiger charge is 2.17. The maximum atomic E-state index is 4.50. The second kappa shape index (κ2) is 4.58. The minimum Gasteiger partial charge on any atom is -0.298 e. The van der Waals surface area contributed by atoms with Crippen molar-refractivity contribution in [1.82, 2.24) is 14.7 Å². The van der Waals surface area contributed by atoms with Crippen molar-refractivity contribution in [2.24, 2.45) is 0 Å². The molecule has 3 nitrogen and oxygen atoms in total. The Morgan fingerprint density at radius 2 is 2.00 bits per heavy atom. The van der Waals surface area contributed by atoms with Crippen molar-refractivity contribution in [2.45, 2.75) is 13.1 Å². The molecule has 4 heteroatoms. The predicted octanol–water partition coefficient (Wildman–Crippen LogP) is 3.55. The van der Waals surface area contributed by atoms with Gasteiger partial charge in [-0.25, -0.2) is 4.68 Å². The standard InChI is InChI=1S/C16H15N3S/c1-18-10-12-4-5-14(9-13(12)11-18)19-15(6-7-17-19)16-3-2-8-20-16/h2-9H,10-11H2,1H3. The van der Waals surface area contributed by atoms with E-state index in [1.165, 1.54) is 16.0 Å².